The molecule has 0 aromatic carbocycles. The maximum atomic E-state index is 10.3. The maximum Gasteiger partial charge on any atom is 0.341 e. The molecule has 0 aliphatic carbocycles. The molecule has 56 valence electrons. The first-order chi connectivity index (χ1) is 4.70. The Bertz CT molecular complexity index is 179. The molecule has 0 saturated heterocycles. The molecule has 0 bridgehead atoms. The van der Waals surface area contributed by atoms with Gasteiger partial charge in [0.05, 0.1) is 0 Å². The first-order valence-electron chi connectivity index (χ1n) is 3.14. The minimum atomic E-state index is -0.562. The third-order valence-electron chi connectivity index (χ3n) is 0.850. The van der Waals surface area contributed by atoms with Crippen LogP contribution in [0.15, 0.2) is 11.6 Å². The van der Waals surface area contributed by atoms with Crippen LogP contribution in [0.2, 0.25) is 0 Å². The highest BCUT2D eigenvalue weighted by Crippen LogP contribution is 2.04. The van der Waals surface area contributed by atoms with E-state index in [1.54, 1.807) is 0 Å². The van der Waals surface area contributed by atoms with Crippen LogP contribution in [0.1, 0.15) is 20.8 Å². The summed E-state index contributed by atoms with van der Waals surface area (Å²) in [4.78, 5) is 20.4. The summed E-state index contributed by atoms with van der Waals surface area (Å²) in [6.45, 7) is 5.53. The van der Waals surface area contributed by atoms with Crippen LogP contribution in [-0.4, -0.2) is 11.9 Å². The fourth-order valence-corrected chi connectivity index (χ4v) is 0.437. The Morgan fingerprint density at radius 2 is 1.80 bits per heavy atom. The van der Waals surface area contributed by atoms with Gasteiger partial charge in [-0.05, 0) is 6.92 Å². The van der Waals surface area contributed by atoms with Crippen molar-refractivity contribution >= 4 is 11.9 Å². The van der Waals surface area contributed by atoms with Gasteiger partial charge in [0.1, 0.15) is 0 Å². The van der Waals surface area contributed by atoms with Crippen molar-refractivity contribution in [3.05, 3.63) is 11.6 Å². The molecule has 1 aliphatic heterocycles. The van der Waals surface area contributed by atoms with Gasteiger partial charge in [0.25, 0.3) is 0 Å². The Kier molecular flexibility index (Phi) is 3.39. The Hall–Kier alpha value is -1.12. The van der Waals surface area contributed by atoms with E-state index in [2.05, 4.69) is 4.74 Å². The van der Waals surface area contributed by atoms with Crippen molar-refractivity contribution in [3.63, 3.8) is 0 Å². The summed E-state index contributed by atoms with van der Waals surface area (Å²) in [6, 6.07) is 0. The number of rotatable bonds is 0. The van der Waals surface area contributed by atoms with Crippen molar-refractivity contribution in [3.8, 4) is 0 Å². The van der Waals surface area contributed by atoms with Gasteiger partial charge in [-0.25, -0.2) is 9.59 Å². The van der Waals surface area contributed by atoms with Crippen molar-refractivity contribution in [2.24, 2.45) is 0 Å². The van der Waals surface area contributed by atoms with E-state index in [0.29, 0.717) is 5.57 Å². The molecule has 0 N–H and O–H groups in total. The summed E-state index contributed by atoms with van der Waals surface area (Å²) in [5, 5.41) is 0. The molecule has 0 aromatic rings. The van der Waals surface area contributed by atoms with E-state index in [1.807, 2.05) is 13.8 Å². The van der Waals surface area contributed by atoms with E-state index in [0.717, 1.165) is 0 Å². The lowest BCUT2D eigenvalue weighted by molar-refractivity contribution is -0.150. The third kappa shape index (κ3) is 2.01. The first kappa shape index (κ1) is 8.88. The Morgan fingerprint density at radius 3 is 1.90 bits per heavy atom. The predicted octanol–water partition coefficient (Wildman–Crippen LogP) is 1.04. The van der Waals surface area contributed by atoms with Crippen molar-refractivity contribution in [1.82, 2.24) is 0 Å². The number of cyclic esters (lactones) is 2. The van der Waals surface area contributed by atoms with Crippen LogP contribution >= 0.6 is 0 Å². The second kappa shape index (κ2) is 3.82. The van der Waals surface area contributed by atoms with Gasteiger partial charge in [0.15, 0.2) is 0 Å². The highest BCUT2D eigenvalue weighted by Gasteiger charge is 2.18. The molecule has 3 nitrogen and oxygen atoms in total. The van der Waals surface area contributed by atoms with Crippen molar-refractivity contribution < 1.29 is 14.3 Å². The molecular formula is C7H10O3. The molecule has 0 fully saturated rings. The lowest BCUT2D eigenvalue weighted by atomic mass is 10.3. The lowest BCUT2D eigenvalue weighted by Crippen LogP contribution is -1.99. The standard InChI is InChI=1S/C5H4O3.C2H6/c1-3-2-4(6)8-5(3)7;1-2/h2H,1H3;1-2H3. The van der Waals surface area contributed by atoms with E-state index in [9.17, 15) is 9.59 Å². The van der Waals surface area contributed by atoms with Gasteiger partial charge < -0.3 is 4.74 Å². The summed E-state index contributed by atoms with van der Waals surface area (Å²) in [6.07, 6.45) is 1.17. The Labute approximate surface area is 59.7 Å². The summed E-state index contributed by atoms with van der Waals surface area (Å²) < 4.78 is 4.10. The molecule has 1 aliphatic rings. The number of carbonyl (C=O) groups is 2. The van der Waals surface area contributed by atoms with Crippen LogP contribution in [0, 0.1) is 0 Å². The Morgan fingerprint density at radius 1 is 1.30 bits per heavy atom. The van der Waals surface area contributed by atoms with Crippen LogP contribution < -0.4 is 0 Å². The molecule has 0 aromatic heterocycles. The second-order valence-corrected chi connectivity index (χ2v) is 1.54. The van der Waals surface area contributed by atoms with E-state index in [4.69, 9.17) is 0 Å². The van der Waals surface area contributed by atoms with Gasteiger partial charge in [-0.1, -0.05) is 13.8 Å². The van der Waals surface area contributed by atoms with Gasteiger partial charge in [-0.2, -0.15) is 0 Å². The number of carbonyl (C=O) groups excluding carboxylic acids is 2. The van der Waals surface area contributed by atoms with E-state index in [1.165, 1.54) is 13.0 Å². The number of hydrogen-bond donors (Lipinski definition) is 0. The van der Waals surface area contributed by atoms with Crippen LogP contribution in [0.5, 0.6) is 0 Å². The largest absolute Gasteiger partial charge is 0.386 e. The minimum absolute atomic E-state index is 0.370. The lowest BCUT2D eigenvalue weighted by Gasteiger charge is -1.83. The van der Waals surface area contributed by atoms with Gasteiger partial charge >= 0.3 is 11.9 Å². The second-order valence-electron chi connectivity index (χ2n) is 1.54. The van der Waals surface area contributed by atoms with Crippen LogP contribution in [0.25, 0.3) is 0 Å². The summed E-state index contributed by atoms with van der Waals surface area (Å²) >= 11 is 0. The zero-order chi connectivity index (χ0) is 8.15. The highest BCUT2D eigenvalue weighted by atomic mass is 16.6. The van der Waals surface area contributed by atoms with Crippen molar-refractivity contribution in [2.75, 3.05) is 0 Å². The molecule has 0 unspecified atom stereocenters. The zero-order valence-electron chi connectivity index (χ0n) is 6.30. The molecule has 0 spiro atoms. The molecular weight excluding hydrogens is 132 g/mol. The molecule has 1 rings (SSSR count). The topological polar surface area (TPSA) is 43.4 Å². The fourth-order valence-electron chi connectivity index (χ4n) is 0.437. The molecule has 0 atom stereocenters. The molecule has 0 saturated carbocycles. The normalized spacial score (nSPS) is 15.3. The predicted molar refractivity (Wildman–Crippen MR) is 36.2 cm³/mol. The number of esters is 2. The van der Waals surface area contributed by atoms with Crippen molar-refractivity contribution in [2.45, 2.75) is 20.8 Å². The maximum absolute atomic E-state index is 10.3. The fraction of sp³-hybridized carbons (Fsp3) is 0.429. The number of ether oxygens (including phenoxy) is 1. The Balaban J connectivity index is 0.000000371. The molecule has 0 radical (unpaired) electrons. The quantitative estimate of drug-likeness (QED) is 0.375. The summed E-state index contributed by atoms with van der Waals surface area (Å²) in [5.74, 6) is -1.09. The third-order valence-corrected chi connectivity index (χ3v) is 0.850. The van der Waals surface area contributed by atoms with Gasteiger partial charge in [0.2, 0.25) is 0 Å². The highest BCUT2D eigenvalue weighted by molar-refractivity contribution is 6.08. The zero-order valence-corrected chi connectivity index (χ0v) is 6.30. The van der Waals surface area contributed by atoms with Gasteiger partial charge in [0, 0.05) is 11.6 Å². The molecule has 10 heavy (non-hydrogen) atoms. The number of hydrogen-bond acceptors (Lipinski definition) is 3. The summed E-state index contributed by atoms with van der Waals surface area (Å²) in [7, 11) is 0. The molecule has 1 heterocycles. The SMILES string of the molecule is CC.CC1=CC(=O)OC1=O. The van der Waals surface area contributed by atoms with Crippen LogP contribution in [0.4, 0.5) is 0 Å². The van der Waals surface area contributed by atoms with E-state index >= 15 is 0 Å². The molecule has 0 amide bonds. The van der Waals surface area contributed by atoms with Crippen LogP contribution in [0.3, 0.4) is 0 Å². The summed E-state index contributed by atoms with van der Waals surface area (Å²) in [5.41, 5.74) is 0.370. The average molecular weight is 142 g/mol. The average Bonchev–Trinajstić information content (AvgIpc) is 2.16. The van der Waals surface area contributed by atoms with Crippen molar-refractivity contribution in [1.29, 1.82) is 0 Å². The van der Waals surface area contributed by atoms with Gasteiger partial charge in [-0.15, -0.1) is 0 Å². The first-order valence-corrected chi connectivity index (χ1v) is 3.14. The molecule has 3 heteroatoms. The monoisotopic (exact) mass is 142 g/mol. The van der Waals surface area contributed by atoms with E-state index in [-0.39, 0.29) is 0 Å². The smallest absolute Gasteiger partial charge is 0.341 e. The van der Waals surface area contributed by atoms with Gasteiger partial charge in [-0.3, -0.25) is 0 Å². The van der Waals surface area contributed by atoms with E-state index < -0.39 is 11.9 Å². The van der Waals surface area contributed by atoms with Crippen LogP contribution in [-0.2, 0) is 14.3 Å². The minimum Gasteiger partial charge on any atom is -0.386 e.